The van der Waals surface area contributed by atoms with Crippen molar-refractivity contribution in [3.63, 3.8) is 0 Å². The van der Waals surface area contributed by atoms with Gasteiger partial charge in [0.05, 0.1) is 52.3 Å². The van der Waals surface area contributed by atoms with Crippen LogP contribution in [0.2, 0.25) is 0 Å². The summed E-state index contributed by atoms with van der Waals surface area (Å²) in [5.74, 6) is 1.51. The van der Waals surface area contributed by atoms with Gasteiger partial charge in [-0.25, -0.2) is 4.79 Å². The van der Waals surface area contributed by atoms with Gasteiger partial charge in [0.1, 0.15) is 0 Å². The van der Waals surface area contributed by atoms with Crippen molar-refractivity contribution in [2.75, 3.05) is 39.9 Å². The molecule has 2 amide bonds. The van der Waals surface area contributed by atoms with Gasteiger partial charge in [0.2, 0.25) is 5.75 Å². The third-order valence-electron chi connectivity index (χ3n) is 4.39. The molecule has 2 atom stereocenters. The minimum absolute atomic E-state index is 0.116. The van der Waals surface area contributed by atoms with Crippen LogP contribution >= 0.6 is 0 Å². The SMILES string of the molecule is COc1cc(NC(=O)N2[C@@H]3CC[C@H]2COC3)cc(OC)c1OC. The largest absolute Gasteiger partial charge is 0.493 e. The minimum Gasteiger partial charge on any atom is -0.493 e. The van der Waals surface area contributed by atoms with Crippen molar-refractivity contribution in [1.29, 1.82) is 0 Å². The second-order valence-electron chi connectivity index (χ2n) is 5.67. The van der Waals surface area contributed by atoms with Crippen LogP contribution in [0.5, 0.6) is 17.2 Å². The van der Waals surface area contributed by atoms with Crippen LogP contribution in [0, 0.1) is 0 Å². The van der Waals surface area contributed by atoms with Crippen LogP contribution in [0.25, 0.3) is 0 Å². The van der Waals surface area contributed by atoms with E-state index in [2.05, 4.69) is 5.32 Å². The Morgan fingerprint density at radius 2 is 1.65 bits per heavy atom. The predicted molar refractivity (Wildman–Crippen MR) is 84.6 cm³/mol. The van der Waals surface area contributed by atoms with Gasteiger partial charge >= 0.3 is 6.03 Å². The van der Waals surface area contributed by atoms with Crippen LogP contribution in [0.3, 0.4) is 0 Å². The van der Waals surface area contributed by atoms with E-state index < -0.39 is 0 Å². The molecule has 2 fully saturated rings. The molecule has 0 saturated carbocycles. The van der Waals surface area contributed by atoms with Crippen LogP contribution < -0.4 is 19.5 Å². The molecule has 2 aliphatic heterocycles. The number of hydrogen-bond acceptors (Lipinski definition) is 5. The minimum atomic E-state index is -0.116. The molecule has 2 heterocycles. The van der Waals surface area contributed by atoms with Gasteiger partial charge in [-0.15, -0.1) is 0 Å². The molecular weight excluding hydrogens is 300 g/mol. The maximum Gasteiger partial charge on any atom is 0.322 e. The summed E-state index contributed by atoms with van der Waals surface area (Å²) in [7, 11) is 4.64. The van der Waals surface area contributed by atoms with Gasteiger partial charge < -0.3 is 29.2 Å². The zero-order chi connectivity index (χ0) is 16.4. The summed E-state index contributed by atoms with van der Waals surface area (Å²) < 4.78 is 21.4. The maximum atomic E-state index is 12.6. The second kappa shape index (κ2) is 6.54. The number of ether oxygens (including phenoxy) is 4. The second-order valence-corrected chi connectivity index (χ2v) is 5.67. The number of urea groups is 1. The predicted octanol–water partition coefficient (Wildman–Crippen LogP) is 2.11. The lowest BCUT2D eigenvalue weighted by Crippen LogP contribution is -2.50. The molecule has 23 heavy (non-hydrogen) atoms. The van der Waals surface area contributed by atoms with Gasteiger partial charge in [-0.05, 0) is 12.8 Å². The van der Waals surface area contributed by atoms with Crippen LogP contribution in [0.15, 0.2) is 12.1 Å². The van der Waals surface area contributed by atoms with Crippen molar-refractivity contribution in [3.8, 4) is 17.2 Å². The fourth-order valence-electron chi connectivity index (χ4n) is 3.30. The number of methoxy groups -OCH3 is 3. The number of rotatable bonds is 4. The highest BCUT2D eigenvalue weighted by Crippen LogP contribution is 2.40. The summed E-state index contributed by atoms with van der Waals surface area (Å²) >= 11 is 0. The quantitative estimate of drug-likeness (QED) is 0.919. The van der Waals surface area contributed by atoms with E-state index in [1.807, 2.05) is 4.90 Å². The van der Waals surface area contributed by atoms with Gasteiger partial charge in [0.25, 0.3) is 0 Å². The number of amides is 2. The molecular formula is C16H22N2O5. The molecule has 7 nitrogen and oxygen atoms in total. The number of morpholine rings is 1. The number of hydrogen-bond donors (Lipinski definition) is 1. The number of benzene rings is 1. The lowest BCUT2D eigenvalue weighted by Gasteiger charge is -2.34. The first-order valence-electron chi connectivity index (χ1n) is 7.65. The molecule has 3 rings (SSSR count). The van der Waals surface area contributed by atoms with E-state index in [1.54, 1.807) is 33.5 Å². The van der Waals surface area contributed by atoms with E-state index in [0.717, 1.165) is 12.8 Å². The van der Waals surface area contributed by atoms with Gasteiger partial charge in [-0.1, -0.05) is 0 Å². The van der Waals surface area contributed by atoms with E-state index in [0.29, 0.717) is 36.1 Å². The van der Waals surface area contributed by atoms with Crippen LogP contribution in [-0.4, -0.2) is 57.6 Å². The zero-order valence-electron chi connectivity index (χ0n) is 13.6. The van der Waals surface area contributed by atoms with Crippen molar-refractivity contribution < 1.29 is 23.7 Å². The molecule has 126 valence electrons. The Labute approximate surface area is 135 Å². The first-order chi connectivity index (χ1) is 11.2. The van der Waals surface area contributed by atoms with Crippen LogP contribution in [0.1, 0.15) is 12.8 Å². The first kappa shape index (κ1) is 15.7. The van der Waals surface area contributed by atoms with E-state index in [9.17, 15) is 4.79 Å². The average Bonchev–Trinajstić information content (AvgIpc) is 2.83. The summed E-state index contributed by atoms with van der Waals surface area (Å²) in [6.45, 7) is 1.22. The third-order valence-corrected chi connectivity index (χ3v) is 4.39. The summed E-state index contributed by atoms with van der Waals surface area (Å²) in [4.78, 5) is 14.5. The fraction of sp³-hybridized carbons (Fsp3) is 0.562. The Morgan fingerprint density at radius 1 is 1.09 bits per heavy atom. The molecule has 0 aliphatic carbocycles. The number of nitrogens with one attached hydrogen (secondary N) is 1. The molecule has 0 radical (unpaired) electrons. The Balaban J connectivity index is 1.81. The topological polar surface area (TPSA) is 69.3 Å². The first-order valence-corrected chi connectivity index (χ1v) is 7.65. The van der Waals surface area contributed by atoms with Gasteiger partial charge in [0, 0.05) is 12.1 Å². The molecule has 0 unspecified atom stereocenters. The van der Waals surface area contributed by atoms with E-state index >= 15 is 0 Å². The third kappa shape index (κ3) is 2.88. The average molecular weight is 322 g/mol. The molecule has 0 aromatic heterocycles. The molecule has 2 bridgehead atoms. The Bertz CT molecular complexity index is 551. The molecule has 1 N–H and O–H groups in total. The zero-order valence-corrected chi connectivity index (χ0v) is 13.6. The monoisotopic (exact) mass is 322 g/mol. The highest BCUT2D eigenvalue weighted by molar-refractivity contribution is 5.91. The van der Waals surface area contributed by atoms with Gasteiger partial charge in [0.15, 0.2) is 11.5 Å². The van der Waals surface area contributed by atoms with Crippen molar-refractivity contribution in [2.45, 2.75) is 24.9 Å². The van der Waals surface area contributed by atoms with Crippen LogP contribution in [-0.2, 0) is 4.74 Å². The molecule has 1 aromatic rings. The number of fused-ring (bicyclic) bond motifs is 2. The van der Waals surface area contributed by atoms with Crippen molar-refractivity contribution >= 4 is 11.7 Å². The van der Waals surface area contributed by atoms with Crippen molar-refractivity contribution in [3.05, 3.63) is 12.1 Å². The standard InChI is InChI=1S/C16H22N2O5/c1-20-13-6-10(7-14(21-2)15(13)22-3)17-16(19)18-11-4-5-12(18)9-23-8-11/h6-7,11-12H,4-5,8-9H2,1-3H3,(H,17,19)/t11-,12+. The number of anilines is 1. The number of carbonyl (C=O) groups excluding carboxylic acids is 1. The summed E-state index contributed by atoms with van der Waals surface area (Å²) in [6.07, 6.45) is 1.99. The van der Waals surface area contributed by atoms with Crippen molar-refractivity contribution in [1.82, 2.24) is 4.90 Å². The van der Waals surface area contributed by atoms with E-state index in [-0.39, 0.29) is 18.1 Å². The van der Waals surface area contributed by atoms with Crippen LogP contribution in [0.4, 0.5) is 10.5 Å². The Hall–Kier alpha value is -2.15. The van der Waals surface area contributed by atoms with Gasteiger partial charge in [-0.3, -0.25) is 0 Å². The van der Waals surface area contributed by atoms with E-state index in [4.69, 9.17) is 18.9 Å². The summed E-state index contributed by atoms with van der Waals surface area (Å²) in [6, 6.07) is 3.66. The highest BCUT2D eigenvalue weighted by atomic mass is 16.5. The lowest BCUT2D eigenvalue weighted by atomic mass is 10.2. The van der Waals surface area contributed by atoms with E-state index in [1.165, 1.54) is 0 Å². The molecule has 0 spiro atoms. The Kier molecular flexibility index (Phi) is 4.47. The summed E-state index contributed by atoms with van der Waals surface area (Å²) in [5.41, 5.74) is 0.607. The molecule has 1 aromatic carbocycles. The summed E-state index contributed by atoms with van der Waals surface area (Å²) in [5, 5.41) is 2.93. The number of nitrogens with zero attached hydrogens (tertiary/aromatic N) is 1. The van der Waals surface area contributed by atoms with Crippen molar-refractivity contribution in [2.24, 2.45) is 0 Å². The normalized spacial score (nSPS) is 22.7. The fourth-order valence-corrected chi connectivity index (χ4v) is 3.30. The van der Waals surface area contributed by atoms with Gasteiger partial charge in [-0.2, -0.15) is 0 Å². The highest BCUT2D eigenvalue weighted by Gasteiger charge is 2.40. The Morgan fingerprint density at radius 3 is 2.13 bits per heavy atom. The molecule has 2 aliphatic rings. The maximum absolute atomic E-state index is 12.6. The molecule has 7 heteroatoms. The molecule has 2 saturated heterocycles. The lowest BCUT2D eigenvalue weighted by molar-refractivity contribution is 0.00949. The smallest absolute Gasteiger partial charge is 0.322 e. The number of carbonyl (C=O) groups is 1.